The molecule has 0 bridgehead atoms. The molecule has 5 nitrogen and oxygen atoms in total. The zero-order valence-electron chi connectivity index (χ0n) is 10.9. The topological polar surface area (TPSA) is 75.3 Å². The van der Waals surface area contributed by atoms with E-state index in [-0.39, 0.29) is 24.5 Å². The Hall–Kier alpha value is -1.47. The van der Waals surface area contributed by atoms with Crippen LogP contribution >= 0.6 is 0 Å². The number of carbonyl (C=O) groups excluding carboxylic acids is 1. The normalized spacial score (nSPS) is 20.8. The van der Waals surface area contributed by atoms with Crippen molar-refractivity contribution in [2.24, 2.45) is 0 Å². The third-order valence-electron chi connectivity index (χ3n) is 3.27. The molecule has 0 radical (unpaired) electrons. The Kier molecular flexibility index (Phi) is 4.72. The third-order valence-corrected chi connectivity index (χ3v) is 5.54. The molecule has 1 unspecified atom stereocenters. The van der Waals surface area contributed by atoms with E-state index in [0.717, 1.165) is 0 Å². The average molecular weight is 300 g/mol. The number of hydrogen-bond donors (Lipinski definition) is 2. The summed E-state index contributed by atoms with van der Waals surface area (Å²) in [7, 11) is -3.00. The molecule has 7 heteroatoms. The van der Waals surface area contributed by atoms with Gasteiger partial charge in [-0.05, 0) is 25.0 Å². The number of amides is 1. The Bertz CT molecular complexity index is 589. The summed E-state index contributed by atoms with van der Waals surface area (Å²) < 4.78 is 36.5. The van der Waals surface area contributed by atoms with Crippen LogP contribution in [0.5, 0.6) is 0 Å². The standard InChI is InChI=1S/C13H17FN2O3S/c14-11-5-1-2-6-12(11)16-13(17)9-15-8-10-4-3-7-20(10,18)19/h1-2,5-6,10,15H,3-4,7-9H2,(H,16,17). The van der Waals surface area contributed by atoms with Gasteiger partial charge < -0.3 is 10.6 Å². The zero-order chi connectivity index (χ0) is 14.6. The number of anilines is 1. The molecule has 0 spiro atoms. The van der Waals surface area contributed by atoms with Crippen molar-refractivity contribution in [1.29, 1.82) is 0 Å². The summed E-state index contributed by atoms with van der Waals surface area (Å²) in [6, 6.07) is 5.88. The van der Waals surface area contributed by atoms with Crippen molar-refractivity contribution in [3.05, 3.63) is 30.1 Å². The van der Waals surface area contributed by atoms with E-state index < -0.39 is 26.8 Å². The highest BCUT2D eigenvalue weighted by molar-refractivity contribution is 7.92. The van der Waals surface area contributed by atoms with Crippen LogP contribution in [0.25, 0.3) is 0 Å². The second-order valence-electron chi connectivity index (χ2n) is 4.79. The van der Waals surface area contributed by atoms with Crippen LogP contribution in [-0.4, -0.2) is 38.4 Å². The number of nitrogens with one attached hydrogen (secondary N) is 2. The maximum atomic E-state index is 13.3. The number of para-hydroxylation sites is 1. The summed E-state index contributed by atoms with van der Waals surface area (Å²) in [5.74, 6) is -0.675. The number of halogens is 1. The number of benzene rings is 1. The van der Waals surface area contributed by atoms with Gasteiger partial charge in [-0.25, -0.2) is 12.8 Å². The van der Waals surface area contributed by atoms with Gasteiger partial charge in [0, 0.05) is 6.54 Å². The van der Waals surface area contributed by atoms with Gasteiger partial charge in [0.1, 0.15) is 5.82 Å². The highest BCUT2D eigenvalue weighted by Crippen LogP contribution is 2.19. The van der Waals surface area contributed by atoms with E-state index in [4.69, 9.17) is 0 Å². The lowest BCUT2D eigenvalue weighted by atomic mass is 10.2. The average Bonchev–Trinajstić information content (AvgIpc) is 2.72. The predicted octanol–water partition coefficient (Wildman–Crippen LogP) is 0.931. The number of sulfone groups is 1. The first-order chi connectivity index (χ1) is 9.49. The van der Waals surface area contributed by atoms with Gasteiger partial charge in [-0.15, -0.1) is 0 Å². The summed E-state index contributed by atoms with van der Waals surface area (Å²) >= 11 is 0. The van der Waals surface area contributed by atoms with Gasteiger partial charge in [-0.3, -0.25) is 4.79 Å². The largest absolute Gasteiger partial charge is 0.322 e. The first-order valence-corrected chi connectivity index (χ1v) is 8.17. The van der Waals surface area contributed by atoms with Gasteiger partial charge in [-0.1, -0.05) is 12.1 Å². The molecule has 1 aromatic rings. The van der Waals surface area contributed by atoms with E-state index in [1.807, 2.05) is 0 Å². The predicted molar refractivity (Wildman–Crippen MR) is 74.7 cm³/mol. The first-order valence-electron chi connectivity index (χ1n) is 6.46. The Balaban J connectivity index is 1.77. The lowest BCUT2D eigenvalue weighted by Gasteiger charge is -2.11. The van der Waals surface area contributed by atoms with Crippen LogP contribution in [0.3, 0.4) is 0 Å². The minimum absolute atomic E-state index is 0.0413. The van der Waals surface area contributed by atoms with Crippen molar-refractivity contribution in [2.45, 2.75) is 18.1 Å². The van der Waals surface area contributed by atoms with Crippen LogP contribution in [-0.2, 0) is 14.6 Å². The maximum Gasteiger partial charge on any atom is 0.238 e. The third kappa shape index (κ3) is 3.77. The van der Waals surface area contributed by atoms with Crippen molar-refractivity contribution in [3.63, 3.8) is 0 Å². The Labute approximate surface area is 117 Å². The smallest absolute Gasteiger partial charge is 0.238 e. The van der Waals surface area contributed by atoms with Crippen molar-refractivity contribution >= 4 is 21.4 Å². The molecule has 110 valence electrons. The van der Waals surface area contributed by atoms with E-state index in [1.54, 1.807) is 6.07 Å². The molecule has 1 aromatic carbocycles. The van der Waals surface area contributed by atoms with Crippen LogP contribution in [0, 0.1) is 5.82 Å². The molecule has 1 saturated heterocycles. The Morgan fingerprint density at radius 1 is 1.35 bits per heavy atom. The lowest BCUT2D eigenvalue weighted by molar-refractivity contribution is -0.115. The van der Waals surface area contributed by atoms with Crippen LogP contribution < -0.4 is 10.6 Å². The summed E-state index contributed by atoms with van der Waals surface area (Å²) in [4.78, 5) is 11.6. The fraction of sp³-hybridized carbons (Fsp3) is 0.462. The van der Waals surface area contributed by atoms with Crippen molar-refractivity contribution in [3.8, 4) is 0 Å². The van der Waals surface area contributed by atoms with Gasteiger partial charge in [0.15, 0.2) is 9.84 Å². The quantitative estimate of drug-likeness (QED) is 0.848. The monoisotopic (exact) mass is 300 g/mol. The number of rotatable bonds is 5. The molecule has 1 atom stereocenters. The molecule has 2 rings (SSSR count). The van der Waals surface area contributed by atoms with Gasteiger partial charge in [0.2, 0.25) is 5.91 Å². The van der Waals surface area contributed by atoms with Gasteiger partial charge >= 0.3 is 0 Å². The highest BCUT2D eigenvalue weighted by Gasteiger charge is 2.30. The Morgan fingerprint density at radius 2 is 2.10 bits per heavy atom. The summed E-state index contributed by atoms with van der Waals surface area (Å²) in [6.45, 7) is 0.216. The molecule has 1 aliphatic rings. The Morgan fingerprint density at radius 3 is 2.75 bits per heavy atom. The van der Waals surface area contributed by atoms with Gasteiger partial charge in [-0.2, -0.15) is 0 Å². The van der Waals surface area contributed by atoms with E-state index >= 15 is 0 Å². The van der Waals surface area contributed by atoms with Gasteiger partial charge in [0.25, 0.3) is 0 Å². The molecule has 20 heavy (non-hydrogen) atoms. The van der Waals surface area contributed by atoms with Crippen molar-refractivity contribution in [1.82, 2.24) is 5.32 Å². The minimum atomic E-state index is -3.00. The van der Waals surface area contributed by atoms with E-state index in [9.17, 15) is 17.6 Å². The molecule has 2 N–H and O–H groups in total. The van der Waals surface area contributed by atoms with Crippen LogP contribution in [0.2, 0.25) is 0 Å². The fourth-order valence-corrected chi connectivity index (χ4v) is 3.99. The molecule has 1 aliphatic heterocycles. The van der Waals surface area contributed by atoms with E-state index in [1.165, 1.54) is 18.2 Å². The highest BCUT2D eigenvalue weighted by atomic mass is 32.2. The maximum absolute atomic E-state index is 13.3. The van der Waals surface area contributed by atoms with E-state index in [0.29, 0.717) is 12.8 Å². The fourth-order valence-electron chi connectivity index (χ4n) is 2.19. The van der Waals surface area contributed by atoms with E-state index in [2.05, 4.69) is 10.6 Å². The first kappa shape index (κ1) is 14.9. The summed E-state index contributed by atoms with van der Waals surface area (Å²) in [5, 5.41) is 4.83. The summed E-state index contributed by atoms with van der Waals surface area (Å²) in [5.41, 5.74) is 0.118. The van der Waals surface area contributed by atoms with Gasteiger partial charge in [0.05, 0.1) is 23.2 Å². The van der Waals surface area contributed by atoms with Crippen molar-refractivity contribution in [2.75, 3.05) is 24.2 Å². The van der Waals surface area contributed by atoms with Crippen LogP contribution in [0.1, 0.15) is 12.8 Å². The molecule has 1 amide bonds. The second-order valence-corrected chi connectivity index (χ2v) is 7.19. The molecule has 1 heterocycles. The summed E-state index contributed by atoms with van der Waals surface area (Å²) in [6.07, 6.45) is 1.31. The second kappa shape index (κ2) is 6.32. The zero-order valence-corrected chi connectivity index (χ0v) is 11.7. The number of carbonyl (C=O) groups is 1. The van der Waals surface area contributed by atoms with Crippen molar-refractivity contribution < 1.29 is 17.6 Å². The molecular weight excluding hydrogens is 283 g/mol. The lowest BCUT2D eigenvalue weighted by Crippen LogP contribution is -2.35. The molecule has 1 fully saturated rings. The molecular formula is C13H17FN2O3S. The minimum Gasteiger partial charge on any atom is -0.322 e. The van der Waals surface area contributed by atoms with Crippen LogP contribution in [0.4, 0.5) is 10.1 Å². The molecule has 0 saturated carbocycles. The SMILES string of the molecule is O=C(CNCC1CCCS1(=O)=O)Nc1ccccc1F. The number of hydrogen-bond acceptors (Lipinski definition) is 4. The molecule has 0 aliphatic carbocycles. The van der Waals surface area contributed by atoms with Crippen LogP contribution in [0.15, 0.2) is 24.3 Å². The molecule has 0 aromatic heterocycles.